The molecule has 6 nitrogen and oxygen atoms in total. The van der Waals surface area contributed by atoms with Crippen LogP contribution in [0.4, 0.5) is 0 Å². The highest BCUT2D eigenvalue weighted by Crippen LogP contribution is 2.32. The van der Waals surface area contributed by atoms with Crippen LogP contribution in [0.3, 0.4) is 0 Å². The summed E-state index contributed by atoms with van der Waals surface area (Å²) in [4.78, 5) is 0. The van der Waals surface area contributed by atoms with Crippen LogP contribution in [0.25, 0.3) is 0 Å². The van der Waals surface area contributed by atoms with E-state index in [1.165, 1.54) is 43.2 Å². The molecule has 1 fully saturated rings. The molecule has 1 aliphatic heterocycles. The Morgan fingerprint density at radius 3 is 2.26 bits per heavy atom. The van der Waals surface area contributed by atoms with E-state index in [1.807, 2.05) is 35.1 Å². The molecule has 2 aromatic carbocycles. The monoisotopic (exact) mass is 477 g/mol. The maximum absolute atomic E-state index is 6.40. The fourth-order valence-corrected chi connectivity index (χ4v) is 4.40. The zero-order valence-electron chi connectivity index (χ0n) is 21.4. The quantitative estimate of drug-likeness (QED) is 0.259. The number of unbranched alkanes of at least 4 members (excludes halogenated alkanes) is 5. The molecule has 0 N–H and O–H groups in total. The zero-order chi connectivity index (χ0) is 24.5. The molecule has 0 radical (unpaired) electrons. The molecule has 0 aliphatic carbocycles. The smallest absolute Gasteiger partial charge is 0.156 e. The van der Waals surface area contributed by atoms with Crippen molar-refractivity contribution in [2.75, 3.05) is 6.61 Å². The lowest BCUT2D eigenvalue weighted by molar-refractivity contribution is -0.0406. The highest BCUT2D eigenvalue weighted by molar-refractivity contribution is 5.27. The second kappa shape index (κ2) is 12.7. The number of rotatable bonds is 13. The molecule has 1 aromatic heterocycles. The minimum Gasteiger partial charge on any atom is -0.491 e. The third kappa shape index (κ3) is 7.56. The highest BCUT2D eigenvalue weighted by atomic mass is 16.6. The van der Waals surface area contributed by atoms with Gasteiger partial charge in [0.25, 0.3) is 0 Å². The standard InChI is InChI=1S/C29H39N3O3/c1-4-5-6-7-8-9-10-24-20-32(31-30-24)29-19-27(34-26-17-13-23(3)14-18-26)28(35-29)21-33-25-15-11-22(2)12-16-25/h11-18,20,27-29H,4-10,19,21H2,1-3H3/t27-,28+,29-/m0/s1. The summed E-state index contributed by atoms with van der Waals surface area (Å²) in [6.45, 7) is 6.80. The van der Waals surface area contributed by atoms with Crippen molar-refractivity contribution in [1.82, 2.24) is 15.0 Å². The first kappa shape index (κ1) is 25.2. The molecule has 1 aliphatic rings. The molecule has 0 amide bonds. The molecule has 3 atom stereocenters. The number of benzene rings is 2. The van der Waals surface area contributed by atoms with Crippen LogP contribution in [-0.2, 0) is 11.2 Å². The number of hydrogen-bond donors (Lipinski definition) is 0. The maximum atomic E-state index is 6.40. The van der Waals surface area contributed by atoms with Crippen molar-refractivity contribution in [3.63, 3.8) is 0 Å². The van der Waals surface area contributed by atoms with Gasteiger partial charge in [0.1, 0.15) is 30.3 Å². The molecule has 188 valence electrons. The number of ether oxygens (including phenoxy) is 3. The summed E-state index contributed by atoms with van der Waals surface area (Å²) in [5.74, 6) is 1.67. The summed E-state index contributed by atoms with van der Waals surface area (Å²) < 4.78 is 20.7. The van der Waals surface area contributed by atoms with Gasteiger partial charge in [-0.05, 0) is 51.0 Å². The number of aromatic nitrogens is 3. The predicted octanol–water partition coefficient (Wildman–Crippen LogP) is 6.61. The topological polar surface area (TPSA) is 58.4 Å². The van der Waals surface area contributed by atoms with Crippen molar-refractivity contribution in [3.8, 4) is 11.5 Å². The Hall–Kier alpha value is -2.86. The van der Waals surface area contributed by atoms with Gasteiger partial charge in [-0.25, -0.2) is 4.68 Å². The Labute approximate surface area is 209 Å². The second-order valence-electron chi connectivity index (χ2n) is 9.67. The van der Waals surface area contributed by atoms with E-state index in [0.29, 0.717) is 13.0 Å². The Bertz CT molecular complexity index is 1020. The lowest BCUT2D eigenvalue weighted by Gasteiger charge is -2.20. The predicted molar refractivity (Wildman–Crippen MR) is 138 cm³/mol. The summed E-state index contributed by atoms with van der Waals surface area (Å²) in [5, 5.41) is 8.79. The third-order valence-electron chi connectivity index (χ3n) is 6.56. The van der Waals surface area contributed by atoms with Gasteiger partial charge in [0, 0.05) is 6.42 Å². The first-order valence-corrected chi connectivity index (χ1v) is 13.1. The maximum Gasteiger partial charge on any atom is 0.156 e. The van der Waals surface area contributed by atoms with Crippen LogP contribution in [0.1, 0.15) is 74.9 Å². The van der Waals surface area contributed by atoms with Crippen LogP contribution >= 0.6 is 0 Å². The van der Waals surface area contributed by atoms with Crippen LogP contribution in [0, 0.1) is 13.8 Å². The van der Waals surface area contributed by atoms with Crippen molar-refractivity contribution < 1.29 is 14.2 Å². The van der Waals surface area contributed by atoms with Gasteiger partial charge < -0.3 is 14.2 Å². The molecule has 1 saturated heterocycles. The van der Waals surface area contributed by atoms with Crippen molar-refractivity contribution in [2.45, 2.75) is 90.6 Å². The van der Waals surface area contributed by atoms with Gasteiger partial charge in [-0.15, -0.1) is 5.10 Å². The van der Waals surface area contributed by atoms with E-state index in [-0.39, 0.29) is 18.4 Å². The van der Waals surface area contributed by atoms with Crippen molar-refractivity contribution in [2.24, 2.45) is 0 Å². The SMILES string of the molecule is CCCCCCCCc1cn([C@@H]2C[C@H](Oc3ccc(C)cc3)[C@@H](COc3ccc(C)cc3)O2)nn1. The molecule has 0 unspecified atom stereocenters. The normalized spacial score (nSPS) is 19.7. The minimum atomic E-state index is -0.220. The van der Waals surface area contributed by atoms with Crippen LogP contribution < -0.4 is 9.47 Å². The molecule has 0 bridgehead atoms. The summed E-state index contributed by atoms with van der Waals surface area (Å²) in [6, 6.07) is 16.2. The van der Waals surface area contributed by atoms with E-state index >= 15 is 0 Å². The van der Waals surface area contributed by atoms with Crippen LogP contribution in [0.2, 0.25) is 0 Å². The Morgan fingerprint density at radius 1 is 0.886 bits per heavy atom. The largest absolute Gasteiger partial charge is 0.491 e. The van der Waals surface area contributed by atoms with Crippen LogP contribution in [-0.4, -0.2) is 33.8 Å². The van der Waals surface area contributed by atoms with E-state index < -0.39 is 0 Å². The Balaban J connectivity index is 1.36. The highest BCUT2D eigenvalue weighted by Gasteiger charge is 2.39. The van der Waals surface area contributed by atoms with Crippen molar-refractivity contribution >= 4 is 0 Å². The van der Waals surface area contributed by atoms with Gasteiger partial charge in [-0.2, -0.15) is 0 Å². The molecule has 3 aromatic rings. The molecule has 2 heterocycles. The summed E-state index contributed by atoms with van der Waals surface area (Å²) >= 11 is 0. The van der Waals surface area contributed by atoms with Crippen LogP contribution in [0.5, 0.6) is 11.5 Å². The summed E-state index contributed by atoms with van der Waals surface area (Å²) in [5.41, 5.74) is 3.44. The molecular formula is C29H39N3O3. The number of aryl methyl sites for hydroxylation is 3. The Morgan fingerprint density at radius 2 is 1.54 bits per heavy atom. The lowest BCUT2D eigenvalue weighted by atomic mass is 10.1. The van der Waals surface area contributed by atoms with Gasteiger partial charge in [0.15, 0.2) is 6.23 Å². The molecule has 35 heavy (non-hydrogen) atoms. The minimum absolute atomic E-state index is 0.139. The molecule has 4 rings (SSSR count). The number of hydrogen-bond acceptors (Lipinski definition) is 5. The molecule has 6 heteroatoms. The van der Waals surface area contributed by atoms with Crippen molar-refractivity contribution in [3.05, 3.63) is 71.5 Å². The third-order valence-corrected chi connectivity index (χ3v) is 6.56. The van der Waals surface area contributed by atoms with Gasteiger partial charge in [-0.3, -0.25) is 0 Å². The van der Waals surface area contributed by atoms with Gasteiger partial charge in [-0.1, -0.05) is 79.6 Å². The van der Waals surface area contributed by atoms with E-state index in [4.69, 9.17) is 14.2 Å². The first-order valence-electron chi connectivity index (χ1n) is 13.1. The fourth-order valence-electron chi connectivity index (χ4n) is 4.40. The lowest BCUT2D eigenvalue weighted by Crippen LogP contribution is -2.32. The number of nitrogens with zero attached hydrogens (tertiary/aromatic N) is 3. The molecule has 0 spiro atoms. The average Bonchev–Trinajstić information content (AvgIpc) is 3.49. The zero-order valence-corrected chi connectivity index (χ0v) is 21.4. The molecule has 0 saturated carbocycles. The average molecular weight is 478 g/mol. The van der Waals surface area contributed by atoms with Crippen molar-refractivity contribution in [1.29, 1.82) is 0 Å². The van der Waals surface area contributed by atoms with E-state index in [9.17, 15) is 0 Å². The summed E-state index contributed by atoms with van der Waals surface area (Å²) in [7, 11) is 0. The molecular weight excluding hydrogens is 438 g/mol. The van der Waals surface area contributed by atoms with Crippen LogP contribution in [0.15, 0.2) is 54.7 Å². The Kier molecular flexibility index (Phi) is 9.18. The van der Waals surface area contributed by atoms with Gasteiger partial charge in [0.05, 0.1) is 11.9 Å². The fraction of sp³-hybridized carbons (Fsp3) is 0.517. The van der Waals surface area contributed by atoms with Gasteiger partial charge >= 0.3 is 0 Å². The summed E-state index contributed by atoms with van der Waals surface area (Å²) in [6.07, 6.45) is 10.7. The van der Waals surface area contributed by atoms with E-state index in [1.54, 1.807) is 0 Å². The van der Waals surface area contributed by atoms with E-state index in [2.05, 4.69) is 55.3 Å². The van der Waals surface area contributed by atoms with E-state index in [0.717, 1.165) is 30.0 Å². The van der Waals surface area contributed by atoms with Gasteiger partial charge in [0.2, 0.25) is 0 Å². The second-order valence-corrected chi connectivity index (χ2v) is 9.67. The first-order chi connectivity index (χ1) is 17.1.